The molecule has 2 amide bonds. The number of methoxy groups -OCH3 is 3. The van der Waals surface area contributed by atoms with E-state index in [0.717, 1.165) is 4.47 Å². The third-order valence-corrected chi connectivity index (χ3v) is 3.85. The van der Waals surface area contributed by atoms with Gasteiger partial charge in [-0.25, -0.2) is 5.43 Å². The molecule has 2 aromatic rings. The molecule has 0 spiro atoms. The van der Waals surface area contributed by atoms with Crippen molar-refractivity contribution < 1.29 is 23.8 Å². The zero-order valence-corrected chi connectivity index (χ0v) is 16.5. The zero-order valence-electron chi connectivity index (χ0n) is 14.9. The molecular weight excluding hydrogens is 418 g/mol. The smallest absolute Gasteiger partial charge is 0.329 e. The summed E-state index contributed by atoms with van der Waals surface area (Å²) < 4.78 is 16.5. The first kappa shape index (κ1) is 20.2. The summed E-state index contributed by atoms with van der Waals surface area (Å²) in [5, 5.41) is 6.25. The fourth-order valence-electron chi connectivity index (χ4n) is 2.15. The maximum atomic E-state index is 11.9. The van der Waals surface area contributed by atoms with Gasteiger partial charge in [-0.2, -0.15) is 5.10 Å². The third-order valence-electron chi connectivity index (χ3n) is 3.36. The van der Waals surface area contributed by atoms with Gasteiger partial charge < -0.3 is 19.5 Å². The van der Waals surface area contributed by atoms with E-state index in [1.54, 1.807) is 36.4 Å². The molecule has 8 nitrogen and oxygen atoms in total. The van der Waals surface area contributed by atoms with Crippen molar-refractivity contribution in [2.24, 2.45) is 5.10 Å². The monoisotopic (exact) mass is 435 g/mol. The van der Waals surface area contributed by atoms with Gasteiger partial charge in [-0.15, -0.1) is 0 Å². The van der Waals surface area contributed by atoms with Crippen molar-refractivity contribution in [1.29, 1.82) is 0 Å². The molecule has 0 saturated carbocycles. The molecule has 0 bridgehead atoms. The van der Waals surface area contributed by atoms with E-state index in [1.165, 1.54) is 27.5 Å². The molecule has 2 aromatic carbocycles. The molecule has 9 heteroatoms. The van der Waals surface area contributed by atoms with E-state index in [9.17, 15) is 9.59 Å². The van der Waals surface area contributed by atoms with E-state index in [2.05, 4.69) is 31.8 Å². The van der Waals surface area contributed by atoms with Crippen molar-refractivity contribution in [1.82, 2.24) is 5.43 Å². The maximum absolute atomic E-state index is 11.9. The maximum Gasteiger partial charge on any atom is 0.329 e. The molecule has 0 atom stereocenters. The Morgan fingerprint density at radius 1 is 1.00 bits per heavy atom. The fourth-order valence-corrected chi connectivity index (χ4v) is 2.55. The van der Waals surface area contributed by atoms with E-state index in [4.69, 9.17) is 14.2 Å². The lowest BCUT2D eigenvalue weighted by Gasteiger charge is -2.12. The molecule has 0 radical (unpaired) electrons. The highest BCUT2D eigenvalue weighted by atomic mass is 79.9. The molecule has 0 aliphatic heterocycles. The second-order valence-corrected chi connectivity index (χ2v) is 6.04. The van der Waals surface area contributed by atoms with Crippen LogP contribution in [0.4, 0.5) is 5.69 Å². The number of halogens is 1. The lowest BCUT2D eigenvalue weighted by molar-refractivity contribution is -0.136. The van der Waals surface area contributed by atoms with Gasteiger partial charge in [0.05, 0.1) is 27.5 Å². The summed E-state index contributed by atoms with van der Waals surface area (Å²) in [6.07, 6.45) is 1.36. The number of carbonyl (C=O) groups excluding carboxylic acids is 2. The Morgan fingerprint density at radius 3 is 2.22 bits per heavy atom. The number of carbonyl (C=O) groups is 2. The first-order valence-corrected chi connectivity index (χ1v) is 8.47. The number of hydrogen-bond acceptors (Lipinski definition) is 6. The molecule has 142 valence electrons. The number of anilines is 1. The summed E-state index contributed by atoms with van der Waals surface area (Å²) in [5.74, 6) is -0.419. The summed E-state index contributed by atoms with van der Waals surface area (Å²) in [4.78, 5) is 23.7. The van der Waals surface area contributed by atoms with Gasteiger partial charge in [0.1, 0.15) is 0 Å². The topological polar surface area (TPSA) is 98.2 Å². The van der Waals surface area contributed by atoms with Crippen LogP contribution in [0.2, 0.25) is 0 Å². The van der Waals surface area contributed by atoms with Gasteiger partial charge in [0.15, 0.2) is 11.5 Å². The van der Waals surface area contributed by atoms with Gasteiger partial charge in [-0.3, -0.25) is 9.59 Å². The highest BCUT2D eigenvalue weighted by Crippen LogP contribution is 2.37. The molecule has 0 aliphatic carbocycles. The average Bonchev–Trinajstić information content (AvgIpc) is 2.66. The molecule has 0 heterocycles. The number of ether oxygens (including phenoxy) is 3. The highest BCUT2D eigenvalue weighted by molar-refractivity contribution is 9.10. The van der Waals surface area contributed by atoms with Crippen LogP contribution in [0.3, 0.4) is 0 Å². The molecule has 0 fully saturated rings. The molecule has 2 rings (SSSR count). The number of hydrogen-bond donors (Lipinski definition) is 2. The second kappa shape index (κ2) is 9.58. The van der Waals surface area contributed by atoms with E-state index < -0.39 is 11.8 Å². The van der Waals surface area contributed by atoms with E-state index in [1.807, 2.05) is 0 Å². The Morgan fingerprint density at radius 2 is 1.67 bits per heavy atom. The van der Waals surface area contributed by atoms with Crippen LogP contribution in [0.15, 0.2) is 46.0 Å². The van der Waals surface area contributed by atoms with E-state index in [0.29, 0.717) is 28.5 Å². The Kier molecular flexibility index (Phi) is 7.18. The predicted molar refractivity (Wildman–Crippen MR) is 105 cm³/mol. The van der Waals surface area contributed by atoms with Crippen LogP contribution in [0.25, 0.3) is 0 Å². The molecule has 0 unspecified atom stereocenters. The summed E-state index contributed by atoms with van der Waals surface area (Å²) >= 11 is 3.29. The number of amides is 2. The molecule has 0 aromatic heterocycles. The van der Waals surface area contributed by atoms with E-state index in [-0.39, 0.29) is 0 Å². The zero-order chi connectivity index (χ0) is 19.8. The lowest BCUT2D eigenvalue weighted by atomic mass is 10.2. The van der Waals surface area contributed by atoms with Gasteiger partial charge in [-0.05, 0) is 30.3 Å². The first-order chi connectivity index (χ1) is 13.0. The first-order valence-electron chi connectivity index (χ1n) is 7.68. The van der Waals surface area contributed by atoms with Crippen LogP contribution in [0.1, 0.15) is 5.56 Å². The summed E-state index contributed by atoms with van der Waals surface area (Å²) in [6, 6.07) is 10.2. The quantitative estimate of drug-likeness (QED) is 0.412. The Bertz CT molecular complexity index is 845. The number of rotatable bonds is 6. The second-order valence-electron chi connectivity index (χ2n) is 5.12. The molecule has 27 heavy (non-hydrogen) atoms. The standard InChI is InChI=1S/C18H18BrN3O5/c1-25-14-7-11(8-15(26-2)16(14)27-3)10-20-22-18(24)17(23)21-13-6-4-5-12(19)9-13/h4-10H,1-3H3,(H,21,23)(H,22,24)/b20-10+. The van der Waals surface area contributed by atoms with Crippen LogP contribution in [-0.2, 0) is 9.59 Å². The summed E-state index contributed by atoms with van der Waals surface area (Å²) in [5.41, 5.74) is 3.23. The Hall–Kier alpha value is -3.07. The van der Waals surface area contributed by atoms with Gasteiger partial charge in [0.2, 0.25) is 5.75 Å². The van der Waals surface area contributed by atoms with Gasteiger partial charge in [0, 0.05) is 15.7 Å². The van der Waals surface area contributed by atoms with Gasteiger partial charge in [-0.1, -0.05) is 22.0 Å². The minimum Gasteiger partial charge on any atom is -0.493 e. The minimum atomic E-state index is -0.904. The van der Waals surface area contributed by atoms with Crippen molar-refractivity contribution in [3.8, 4) is 17.2 Å². The highest BCUT2D eigenvalue weighted by Gasteiger charge is 2.14. The minimum absolute atomic E-state index is 0.439. The Labute approximate surface area is 164 Å². The lowest BCUT2D eigenvalue weighted by Crippen LogP contribution is -2.32. The van der Waals surface area contributed by atoms with Crippen LogP contribution < -0.4 is 25.0 Å². The normalized spacial score (nSPS) is 10.4. The number of nitrogens with one attached hydrogen (secondary N) is 2. The van der Waals surface area contributed by atoms with Crippen molar-refractivity contribution in [2.75, 3.05) is 26.6 Å². The fraction of sp³-hybridized carbons (Fsp3) is 0.167. The van der Waals surface area contributed by atoms with Crippen LogP contribution in [0.5, 0.6) is 17.2 Å². The molecule has 0 aliphatic rings. The largest absolute Gasteiger partial charge is 0.493 e. The van der Waals surface area contributed by atoms with Crippen molar-refractivity contribution in [3.63, 3.8) is 0 Å². The SMILES string of the molecule is COc1cc(/C=N/NC(=O)C(=O)Nc2cccc(Br)c2)cc(OC)c1OC. The predicted octanol–water partition coefficient (Wildman–Crippen LogP) is 2.56. The third kappa shape index (κ3) is 5.45. The number of benzene rings is 2. The summed E-state index contributed by atoms with van der Waals surface area (Å²) in [6.45, 7) is 0. The number of nitrogens with zero attached hydrogens (tertiary/aromatic N) is 1. The number of hydrazone groups is 1. The van der Waals surface area contributed by atoms with Crippen LogP contribution in [-0.4, -0.2) is 39.4 Å². The van der Waals surface area contributed by atoms with E-state index >= 15 is 0 Å². The Balaban J connectivity index is 2.03. The van der Waals surface area contributed by atoms with Crippen LogP contribution in [0, 0.1) is 0 Å². The van der Waals surface area contributed by atoms with Crippen LogP contribution >= 0.6 is 15.9 Å². The molecule has 2 N–H and O–H groups in total. The summed E-state index contributed by atoms with van der Waals surface area (Å²) in [7, 11) is 4.48. The van der Waals surface area contributed by atoms with Crippen molar-refractivity contribution >= 4 is 39.6 Å². The van der Waals surface area contributed by atoms with Gasteiger partial charge in [0.25, 0.3) is 0 Å². The molecular formula is C18H18BrN3O5. The van der Waals surface area contributed by atoms with Crippen molar-refractivity contribution in [3.05, 3.63) is 46.4 Å². The average molecular weight is 436 g/mol. The van der Waals surface area contributed by atoms with Gasteiger partial charge >= 0.3 is 11.8 Å². The van der Waals surface area contributed by atoms with Crippen molar-refractivity contribution in [2.45, 2.75) is 0 Å². The molecule has 0 saturated heterocycles.